The lowest BCUT2D eigenvalue weighted by Crippen LogP contribution is -2.31. The number of esters is 2. The van der Waals surface area contributed by atoms with Crippen molar-refractivity contribution in [2.24, 2.45) is 10.9 Å². The number of carboxylic acid groups (broad SMARTS) is 1. The predicted octanol–water partition coefficient (Wildman–Crippen LogP) is 11.4. The Morgan fingerprint density at radius 3 is 1.78 bits per heavy atom. The normalized spacial score (nSPS) is 12.7. The monoisotopic (exact) mass is 1380 g/mol. The number of aromatic carboxylic acids is 1. The number of nitriles is 2. The summed E-state index contributed by atoms with van der Waals surface area (Å²) in [6, 6.07) is 25.3. The van der Waals surface area contributed by atoms with Gasteiger partial charge in [-0.15, -0.1) is 0 Å². The molecule has 3 N–H and O–H groups in total. The van der Waals surface area contributed by atoms with Crippen LogP contribution in [0.2, 0.25) is 0 Å². The number of nitrogen functional groups attached to an aromatic ring is 1. The van der Waals surface area contributed by atoms with Crippen LogP contribution in [0.1, 0.15) is 49.9 Å². The van der Waals surface area contributed by atoms with Gasteiger partial charge in [0.05, 0.1) is 25.9 Å². The molecule has 1 aromatic carbocycles. The minimum atomic E-state index is -4.89. The second kappa shape index (κ2) is 28.2. The van der Waals surface area contributed by atoms with Crippen molar-refractivity contribution in [1.29, 1.82) is 10.5 Å². The molecule has 10 rings (SSSR count). The number of hydrogen-bond donors (Lipinski definition) is 2. The van der Waals surface area contributed by atoms with Gasteiger partial charge < -0.3 is 25.2 Å². The van der Waals surface area contributed by atoms with Crippen molar-refractivity contribution >= 4 is 122 Å². The molecule has 1 aliphatic rings. The molecule has 1 atom stereocenters. The van der Waals surface area contributed by atoms with Gasteiger partial charge >= 0.3 is 24.1 Å². The molecule has 8 aromatic heterocycles. The van der Waals surface area contributed by atoms with E-state index in [4.69, 9.17) is 21.4 Å². The number of aromatic nitrogens is 8. The molecule has 1 saturated heterocycles. The summed E-state index contributed by atoms with van der Waals surface area (Å²) < 4.78 is 94.1. The highest BCUT2D eigenvalue weighted by Crippen LogP contribution is 2.27. The first-order chi connectivity index (χ1) is 38.9. The number of Topliss-reactive ketones (excluding diaryl/α,β-unsaturated/α-hetero) is 1. The van der Waals surface area contributed by atoms with Crippen molar-refractivity contribution in [2.75, 3.05) is 33.0 Å². The maximum Gasteiger partial charge on any atom is 0.440 e. The molecule has 30 heteroatoms. The highest BCUT2D eigenvalue weighted by molar-refractivity contribution is 9.11. The second-order valence-corrected chi connectivity index (χ2v) is 20.2. The molecule has 0 radical (unpaired) electrons. The molecule has 82 heavy (non-hydrogen) atoms. The highest BCUT2D eigenvalue weighted by atomic mass is 79.9. The Labute approximate surface area is 493 Å². The lowest BCUT2D eigenvalue weighted by atomic mass is 10.0. The third-order valence-corrected chi connectivity index (χ3v) is 12.9. The predicted molar refractivity (Wildman–Crippen MR) is 297 cm³/mol. The van der Waals surface area contributed by atoms with Crippen molar-refractivity contribution in [3.8, 4) is 23.4 Å². The highest BCUT2D eigenvalue weighted by Gasteiger charge is 2.42. The Balaban J connectivity index is 0.000000174. The number of likely N-dealkylation sites (tertiary alicyclic amines) is 1. The Morgan fingerprint density at radius 2 is 1.27 bits per heavy atom. The molecule has 0 unspecified atom stereocenters. The van der Waals surface area contributed by atoms with Gasteiger partial charge in [-0.25, -0.2) is 44.3 Å². The van der Waals surface area contributed by atoms with Crippen molar-refractivity contribution in [3.05, 3.63) is 174 Å². The summed E-state index contributed by atoms with van der Waals surface area (Å²) in [6.07, 6.45) is 5.53. The number of benzene rings is 1. The molecular weight excluding hydrogens is 1350 g/mol. The number of aliphatic imine (C=N–C) groups is 1. The molecule has 1 aliphatic heterocycles. The second-order valence-electron chi connectivity index (χ2n) is 16.6. The summed E-state index contributed by atoms with van der Waals surface area (Å²) in [4.78, 5) is 68.9. The summed E-state index contributed by atoms with van der Waals surface area (Å²) in [7, 11) is 2.03. The third kappa shape index (κ3) is 16.3. The number of imidazole rings is 3. The van der Waals surface area contributed by atoms with Crippen LogP contribution in [0, 0.1) is 46.5 Å². The first kappa shape index (κ1) is 62.6. The number of pyridine rings is 5. The molecule has 9 aromatic rings. The Kier molecular flexibility index (Phi) is 21.5. The minimum absolute atomic E-state index is 0.0423. The van der Waals surface area contributed by atoms with Gasteiger partial charge in [0.25, 0.3) is 0 Å². The van der Waals surface area contributed by atoms with Crippen LogP contribution < -0.4 is 5.73 Å². The molecule has 422 valence electrons. The summed E-state index contributed by atoms with van der Waals surface area (Å²) >= 11 is 12.6. The van der Waals surface area contributed by atoms with Crippen LogP contribution in [0.3, 0.4) is 0 Å². The lowest BCUT2D eigenvalue weighted by Gasteiger charge is -2.07. The molecule has 0 saturated carbocycles. The number of alkyl halides is 3. The number of anilines is 1. The fourth-order valence-corrected chi connectivity index (χ4v) is 8.32. The molecular formula is C52H37Br4F6N13O7. The van der Waals surface area contributed by atoms with Crippen LogP contribution in [-0.2, 0) is 14.3 Å². The first-order valence-corrected chi connectivity index (χ1v) is 26.2. The van der Waals surface area contributed by atoms with Gasteiger partial charge in [-0.05, 0) is 160 Å². The number of nitrogens with two attached hydrogens (primary N) is 1. The van der Waals surface area contributed by atoms with Crippen molar-refractivity contribution in [2.45, 2.75) is 19.0 Å². The van der Waals surface area contributed by atoms with Crippen LogP contribution in [0.25, 0.3) is 28.1 Å². The van der Waals surface area contributed by atoms with Crippen LogP contribution in [0.4, 0.5) is 38.0 Å². The minimum Gasteiger partial charge on any atom is -0.476 e. The maximum atomic E-state index is 14.9. The van der Waals surface area contributed by atoms with E-state index in [1.165, 1.54) is 52.7 Å². The number of ketones is 1. The fourth-order valence-electron chi connectivity index (χ4n) is 7.18. The quantitative estimate of drug-likeness (QED) is 0.0470. The van der Waals surface area contributed by atoms with Gasteiger partial charge in [-0.3, -0.25) is 18.0 Å². The van der Waals surface area contributed by atoms with E-state index in [9.17, 15) is 45.5 Å². The smallest absolute Gasteiger partial charge is 0.440 e. The Hall–Kier alpha value is -8.58. The van der Waals surface area contributed by atoms with Gasteiger partial charge in [0.1, 0.15) is 22.8 Å². The first-order valence-electron chi connectivity index (χ1n) is 23.0. The molecule has 0 bridgehead atoms. The number of nitrogens with zero attached hydrogens (tertiary/aromatic N) is 12. The molecule has 0 aliphatic carbocycles. The zero-order valence-electron chi connectivity index (χ0n) is 42.0. The van der Waals surface area contributed by atoms with Gasteiger partial charge in [-0.1, -0.05) is 12.1 Å². The zero-order chi connectivity index (χ0) is 60.0. The summed E-state index contributed by atoms with van der Waals surface area (Å²) in [5.41, 5.74) is 5.60. The van der Waals surface area contributed by atoms with E-state index in [1.807, 2.05) is 12.1 Å². The van der Waals surface area contributed by atoms with Crippen molar-refractivity contribution in [3.63, 3.8) is 0 Å². The van der Waals surface area contributed by atoms with E-state index in [2.05, 4.69) is 115 Å². The molecule has 20 nitrogen and oxygen atoms in total. The fraction of sp³-hybridized carbons (Fsp3) is 0.154. The molecule has 0 amide bonds. The number of fused-ring (bicyclic) bond motifs is 3. The largest absolute Gasteiger partial charge is 0.476 e. The molecule has 9 heterocycles. The van der Waals surface area contributed by atoms with Crippen LogP contribution in [0.15, 0.2) is 139 Å². The number of methoxy groups -OCH3 is 2. The van der Waals surface area contributed by atoms with Crippen molar-refractivity contribution in [1.82, 2.24) is 43.0 Å². The molecule has 0 spiro atoms. The number of carbonyl (C=O) groups is 4. The van der Waals surface area contributed by atoms with Gasteiger partial charge in [0, 0.05) is 68.4 Å². The van der Waals surface area contributed by atoms with Crippen LogP contribution >= 0.6 is 63.7 Å². The molecule has 1 fully saturated rings. The van der Waals surface area contributed by atoms with E-state index in [-0.39, 0.29) is 41.0 Å². The zero-order valence-corrected chi connectivity index (χ0v) is 48.3. The average molecular weight is 1390 g/mol. The van der Waals surface area contributed by atoms with E-state index < -0.39 is 53.3 Å². The van der Waals surface area contributed by atoms with E-state index in [0.717, 1.165) is 33.5 Å². The van der Waals surface area contributed by atoms with Gasteiger partial charge in [0.2, 0.25) is 34.9 Å². The van der Waals surface area contributed by atoms with Crippen molar-refractivity contribution < 1.29 is 60.1 Å². The Morgan fingerprint density at radius 1 is 0.720 bits per heavy atom. The summed E-state index contributed by atoms with van der Waals surface area (Å²) in [6.45, 7) is 1.16. The van der Waals surface area contributed by atoms with Gasteiger partial charge in [-0.2, -0.15) is 36.9 Å². The van der Waals surface area contributed by atoms with Crippen LogP contribution in [-0.4, -0.2) is 111 Å². The number of carbonyl (C=O) groups excluding carboxylic acids is 3. The van der Waals surface area contributed by atoms with Gasteiger partial charge in [0.15, 0.2) is 23.5 Å². The standard InChI is InChI=1S/C21H16FN5O.C9H6BrF3N2O2.C9H6BrFN2O2.C8H4BrFN2O2.C5H5BrN2/c22-21-20(18(28)9-15-6-7-26(11-15)13-24)25-19-5-4-17(12-27(19)21)16-3-1-2-14(8-16)10-23;1-17-8(16)7(9(11,12)13)15-6-3-2-5(10)4-14-6;1-15-9(14)7-8(11)13-4-5(10)2-3-6(13)12-7;9-4-1-2-5-11-6(8(13)14)7(10)12(5)3-4;6-4-1-2-5(7)8-3-4/h1-5,8,12,15H,6-7,9,11H2;2-4H,1H3;2-4H,1H3;1-3H,(H,13,14);1-3H,(H2,7,8)/t15-;;;;/m0..../s1. The Bertz CT molecular complexity index is 3920. The number of ether oxygens (including phenoxy) is 2. The maximum absolute atomic E-state index is 14.9. The number of halogens is 10. The topological polar surface area (TPSA) is 274 Å². The number of carboxylic acids is 1. The third-order valence-electron chi connectivity index (χ3n) is 11.0. The summed E-state index contributed by atoms with van der Waals surface area (Å²) in [5.74, 6) is -5.98. The number of rotatable bonds is 8. The average Bonchev–Trinajstić information content (AvgIpc) is 4.31. The van der Waals surface area contributed by atoms with E-state index in [0.29, 0.717) is 49.2 Å². The number of hydrogen-bond acceptors (Lipinski definition) is 16. The lowest BCUT2D eigenvalue weighted by molar-refractivity contribution is -0.137. The SMILES string of the molecule is COC(=O)C(=Nc1ccc(Br)cn1)C(F)(F)F.COC(=O)c1nc2ccc(Br)cn2c1F.N#Cc1cccc(-c2ccc3nc(C(=O)C[C@@H]4CCN(C#N)C4)c(F)n3c2)c1.Nc1ccc(Br)cn1.O=C(O)c1nc2ccc(Br)cn2c1F. The van der Waals surface area contributed by atoms with E-state index in [1.54, 1.807) is 71.9 Å². The summed E-state index contributed by atoms with van der Waals surface area (Å²) in [5, 5.41) is 26.6. The van der Waals surface area contributed by atoms with Crippen LogP contribution in [0.5, 0.6) is 0 Å². The van der Waals surface area contributed by atoms with E-state index >= 15 is 0 Å².